The van der Waals surface area contributed by atoms with Gasteiger partial charge in [0, 0.05) is 68.2 Å². The van der Waals surface area contributed by atoms with Crippen molar-refractivity contribution in [3.05, 3.63) is 52.6 Å². The van der Waals surface area contributed by atoms with Crippen molar-refractivity contribution in [1.29, 1.82) is 0 Å². The lowest BCUT2D eigenvalue weighted by Crippen LogP contribution is -2.48. The van der Waals surface area contributed by atoms with E-state index in [2.05, 4.69) is 10.00 Å². The Labute approximate surface area is 152 Å². The molecule has 7 heteroatoms. The Hall–Kier alpha value is -1.92. The standard InChI is InChI=1S/C18H22ClFN4O/c1-14-5-7-21-24(14)8-6-18(25)23-11-9-22(10-12-23)13-15-16(19)3-2-4-17(15)20/h2-5,7H,6,8-13H2,1H3. The lowest BCUT2D eigenvalue weighted by atomic mass is 10.1. The van der Waals surface area contributed by atoms with Crippen LogP contribution >= 0.6 is 11.6 Å². The second kappa shape index (κ2) is 7.97. The molecule has 1 fully saturated rings. The molecule has 5 nitrogen and oxygen atoms in total. The van der Waals surface area contributed by atoms with E-state index in [4.69, 9.17) is 11.6 Å². The topological polar surface area (TPSA) is 41.4 Å². The Morgan fingerprint density at radius 1 is 1.24 bits per heavy atom. The Bertz CT molecular complexity index is 720. The molecule has 1 aliphatic heterocycles. The van der Waals surface area contributed by atoms with Crippen LogP contribution in [0.15, 0.2) is 30.5 Å². The molecule has 0 spiro atoms. The molecule has 0 saturated carbocycles. The molecule has 3 rings (SSSR count). The fraction of sp³-hybridized carbons (Fsp3) is 0.444. The molecule has 1 saturated heterocycles. The molecule has 0 aliphatic carbocycles. The zero-order chi connectivity index (χ0) is 17.8. The predicted octanol–water partition coefficient (Wildman–Crippen LogP) is 2.72. The summed E-state index contributed by atoms with van der Waals surface area (Å²) in [7, 11) is 0. The van der Waals surface area contributed by atoms with Crippen LogP contribution < -0.4 is 0 Å². The first-order valence-corrected chi connectivity index (χ1v) is 8.84. The highest BCUT2D eigenvalue weighted by atomic mass is 35.5. The van der Waals surface area contributed by atoms with Crippen molar-refractivity contribution in [3.63, 3.8) is 0 Å². The third-order valence-electron chi connectivity index (χ3n) is 4.63. The van der Waals surface area contributed by atoms with E-state index in [1.165, 1.54) is 6.07 Å². The molecule has 134 valence electrons. The number of carbonyl (C=O) groups is 1. The van der Waals surface area contributed by atoms with Gasteiger partial charge in [0.2, 0.25) is 5.91 Å². The van der Waals surface area contributed by atoms with Crippen LogP contribution in [0.4, 0.5) is 4.39 Å². The highest BCUT2D eigenvalue weighted by molar-refractivity contribution is 6.31. The lowest BCUT2D eigenvalue weighted by Gasteiger charge is -2.35. The van der Waals surface area contributed by atoms with Gasteiger partial charge in [-0.1, -0.05) is 17.7 Å². The zero-order valence-corrected chi connectivity index (χ0v) is 15.0. The predicted molar refractivity (Wildman–Crippen MR) is 94.8 cm³/mol. The number of hydrogen-bond acceptors (Lipinski definition) is 3. The Balaban J connectivity index is 1.48. The fourth-order valence-electron chi connectivity index (χ4n) is 3.05. The van der Waals surface area contributed by atoms with Crippen molar-refractivity contribution in [3.8, 4) is 0 Å². The third kappa shape index (κ3) is 4.38. The smallest absolute Gasteiger partial charge is 0.224 e. The highest BCUT2D eigenvalue weighted by Crippen LogP contribution is 2.21. The van der Waals surface area contributed by atoms with Crippen molar-refractivity contribution in [2.45, 2.75) is 26.4 Å². The lowest BCUT2D eigenvalue weighted by molar-refractivity contribution is -0.133. The maximum absolute atomic E-state index is 13.9. The van der Waals surface area contributed by atoms with E-state index >= 15 is 0 Å². The van der Waals surface area contributed by atoms with Crippen molar-refractivity contribution in [2.24, 2.45) is 0 Å². The number of nitrogens with zero attached hydrogens (tertiary/aromatic N) is 4. The van der Waals surface area contributed by atoms with E-state index in [0.717, 1.165) is 18.8 Å². The van der Waals surface area contributed by atoms with Gasteiger partial charge in [-0.3, -0.25) is 14.4 Å². The van der Waals surface area contributed by atoms with Crippen LogP contribution in [0.5, 0.6) is 0 Å². The summed E-state index contributed by atoms with van der Waals surface area (Å²) in [4.78, 5) is 16.4. The highest BCUT2D eigenvalue weighted by Gasteiger charge is 2.22. The molecule has 1 aromatic heterocycles. The Morgan fingerprint density at radius 2 is 2.00 bits per heavy atom. The van der Waals surface area contributed by atoms with Gasteiger partial charge in [0.15, 0.2) is 0 Å². The summed E-state index contributed by atoms with van der Waals surface area (Å²) in [6, 6.07) is 6.67. The van der Waals surface area contributed by atoms with Gasteiger partial charge in [0.05, 0.1) is 0 Å². The number of carbonyl (C=O) groups excluding carboxylic acids is 1. The summed E-state index contributed by atoms with van der Waals surface area (Å²) in [5, 5.41) is 4.65. The van der Waals surface area contributed by atoms with E-state index in [-0.39, 0.29) is 11.7 Å². The second-order valence-corrected chi connectivity index (χ2v) is 6.71. The van der Waals surface area contributed by atoms with Crippen LogP contribution in [-0.2, 0) is 17.9 Å². The molecule has 2 aromatic rings. The van der Waals surface area contributed by atoms with Gasteiger partial charge in [0.25, 0.3) is 0 Å². The van der Waals surface area contributed by atoms with Crippen molar-refractivity contribution < 1.29 is 9.18 Å². The SMILES string of the molecule is Cc1ccnn1CCC(=O)N1CCN(Cc2c(F)cccc2Cl)CC1. The molecule has 2 heterocycles. The first-order valence-electron chi connectivity index (χ1n) is 8.46. The van der Waals surface area contributed by atoms with Crippen molar-refractivity contribution >= 4 is 17.5 Å². The molecule has 0 N–H and O–H groups in total. The van der Waals surface area contributed by atoms with Crippen LogP contribution in [0.25, 0.3) is 0 Å². The number of amides is 1. The third-order valence-corrected chi connectivity index (χ3v) is 4.99. The number of hydrogen-bond donors (Lipinski definition) is 0. The van der Waals surface area contributed by atoms with E-state index < -0.39 is 0 Å². The van der Waals surface area contributed by atoms with Gasteiger partial charge >= 0.3 is 0 Å². The minimum absolute atomic E-state index is 0.137. The first-order chi connectivity index (χ1) is 12.0. The van der Waals surface area contributed by atoms with E-state index in [1.54, 1.807) is 18.3 Å². The van der Waals surface area contributed by atoms with Gasteiger partial charge in [-0.05, 0) is 25.1 Å². The number of aryl methyl sites for hydroxylation is 2. The average molecular weight is 365 g/mol. The maximum Gasteiger partial charge on any atom is 0.224 e. The monoisotopic (exact) mass is 364 g/mol. The zero-order valence-electron chi connectivity index (χ0n) is 14.3. The van der Waals surface area contributed by atoms with Crippen molar-refractivity contribution in [2.75, 3.05) is 26.2 Å². The number of piperazine rings is 1. The van der Waals surface area contributed by atoms with Crippen LogP contribution in [0.3, 0.4) is 0 Å². The average Bonchev–Trinajstić information content (AvgIpc) is 3.02. The molecule has 1 aromatic carbocycles. The maximum atomic E-state index is 13.9. The van der Waals surface area contributed by atoms with Crippen LogP contribution in [-0.4, -0.2) is 51.7 Å². The summed E-state index contributed by atoms with van der Waals surface area (Å²) < 4.78 is 15.7. The molecular formula is C18H22ClFN4O. The van der Waals surface area contributed by atoms with Gasteiger partial charge in [0.1, 0.15) is 5.82 Å². The van der Waals surface area contributed by atoms with Crippen LogP contribution in [0.1, 0.15) is 17.7 Å². The summed E-state index contributed by atoms with van der Waals surface area (Å²) in [5.74, 6) is -0.140. The molecule has 1 amide bonds. The summed E-state index contributed by atoms with van der Waals surface area (Å²) in [6.07, 6.45) is 2.19. The summed E-state index contributed by atoms with van der Waals surface area (Å²) in [5.41, 5.74) is 1.58. The fourth-order valence-corrected chi connectivity index (χ4v) is 3.28. The molecular weight excluding hydrogens is 343 g/mol. The second-order valence-electron chi connectivity index (χ2n) is 6.30. The summed E-state index contributed by atoms with van der Waals surface area (Å²) >= 11 is 6.09. The summed E-state index contributed by atoms with van der Waals surface area (Å²) in [6.45, 7) is 5.80. The largest absolute Gasteiger partial charge is 0.340 e. The van der Waals surface area contributed by atoms with Crippen LogP contribution in [0.2, 0.25) is 5.02 Å². The minimum Gasteiger partial charge on any atom is -0.340 e. The van der Waals surface area contributed by atoms with E-state index in [9.17, 15) is 9.18 Å². The molecule has 1 aliphatic rings. The molecule has 0 unspecified atom stereocenters. The van der Waals surface area contributed by atoms with Gasteiger partial charge in [-0.2, -0.15) is 5.10 Å². The Kier molecular flexibility index (Phi) is 5.71. The minimum atomic E-state index is -0.277. The quantitative estimate of drug-likeness (QED) is 0.819. The van der Waals surface area contributed by atoms with Crippen LogP contribution in [0, 0.1) is 12.7 Å². The number of benzene rings is 1. The van der Waals surface area contributed by atoms with E-state index in [0.29, 0.717) is 43.2 Å². The first kappa shape index (κ1) is 17.9. The number of aromatic nitrogens is 2. The molecule has 25 heavy (non-hydrogen) atoms. The normalized spacial score (nSPS) is 15.6. The molecule has 0 atom stereocenters. The van der Waals surface area contributed by atoms with E-state index in [1.807, 2.05) is 22.6 Å². The van der Waals surface area contributed by atoms with Gasteiger partial charge < -0.3 is 4.90 Å². The number of halogens is 2. The van der Waals surface area contributed by atoms with Gasteiger partial charge in [-0.25, -0.2) is 4.39 Å². The Morgan fingerprint density at radius 3 is 2.64 bits per heavy atom. The van der Waals surface area contributed by atoms with Gasteiger partial charge in [-0.15, -0.1) is 0 Å². The molecule has 0 bridgehead atoms. The van der Waals surface area contributed by atoms with Crippen molar-refractivity contribution in [1.82, 2.24) is 19.6 Å². The molecule has 0 radical (unpaired) electrons. The number of rotatable bonds is 5.